The largest absolute Gasteiger partial charge is 0.468 e. The zero-order valence-corrected chi connectivity index (χ0v) is 59.0. The Hall–Kier alpha value is -10.9. The summed E-state index contributed by atoms with van der Waals surface area (Å²) in [6, 6.07) is 41.0. The van der Waals surface area contributed by atoms with Crippen LogP contribution in [0.1, 0.15) is 140 Å². The number of rotatable bonds is 10. The second-order valence-corrected chi connectivity index (χ2v) is 28.5. The van der Waals surface area contributed by atoms with E-state index in [1.54, 1.807) is 84.9 Å². The maximum atomic E-state index is 14.4. The molecule has 3 N–H and O–H groups in total. The van der Waals surface area contributed by atoms with Gasteiger partial charge >= 0.3 is 24.1 Å². The molecule has 4 aliphatic rings. The van der Waals surface area contributed by atoms with Crippen molar-refractivity contribution in [2.24, 2.45) is 10.7 Å². The zero-order chi connectivity index (χ0) is 71.6. The lowest BCUT2D eigenvalue weighted by atomic mass is 9.74. The van der Waals surface area contributed by atoms with Crippen molar-refractivity contribution in [3.8, 4) is 0 Å². The SMILES string of the molecule is CC1(c2c[nH]c3ccccc23)C(=O)CN=C1c1cn2c3c(cccc13)CCC2.CN.COC(=O)C(C(=O)c1cn2c3c(cccc13)CCC2)c1cn(C(=O)OC(C)(C)C)c2ccccc12.COC(=O)C(C)(C(=O)c1cn2c3c(cccc13)CCC2)c1cn(C(=O)OC(C)(C)C)c2ccccc12. The molecule has 518 valence electrons. The number of para-hydroxylation sites is 6. The first-order chi connectivity index (χ1) is 48.4. The summed E-state index contributed by atoms with van der Waals surface area (Å²) in [5, 5.41) is 5.20. The van der Waals surface area contributed by atoms with Gasteiger partial charge in [-0.15, -0.1) is 0 Å². The molecule has 3 unspecified atom stereocenters. The number of H-pyrrole nitrogens is 1. The van der Waals surface area contributed by atoms with E-state index >= 15 is 0 Å². The number of hydrogen-bond donors (Lipinski definition) is 2. The van der Waals surface area contributed by atoms with Gasteiger partial charge < -0.3 is 43.4 Å². The smallest absolute Gasteiger partial charge is 0.419 e. The fourth-order valence-corrected chi connectivity index (χ4v) is 15.4. The number of aryl methyl sites for hydroxylation is 6. The number of hydrogen-bond acceptors (Lipinski definition) is 13. The molecule has 6 aromatic heterocycles. The highest BCUT2D eigenvalue weighted by molar-refractivity contribution is 6.30. The van der Waals surface area contributed by atoms with Gasteiger partial charge in [0, 0.05) is 122 Å². The van der Waals surface area contributed by atoms with Crippen molar-refractivity contribution in [3.63, 3.8) is 0 Å². The minimum Gasteiger partial charge on any atom is -0.468 e. The molecular weight excluding hydrogens is 1270 g/mol. The number of esters is 2. The summed E-state index contributed by atoms with van der Waals surface area (Å²) in [6.07, 6.45) is 16.0. The summed E-state index contributed by atoms with van der Waals surface area (Å²) in [5.41, 5.74) is 14.8. The molecule has 0 fully saturated rings. The van der Waals surface area contributed by atoms with Gasteiger partial charge in [0.2, 0.25) is 0 Å². The first kappa shape index (κ1) is 68.6. The van der Waals surface area contributed by atoms with Crippen LogP contribution in [0.5, 0.6) is 0 Å². The summed E-state index contributed by atoms with van der Waals surface area (Å²) in [4.78, 5) is 102. The predicted octanol–water partition coefficient (Wildman–Crippen LogP) is 15.1. The molecule has 12 aromatic rings. The Morgan fingerprint density at radius 1 is 0.545 bits per heavy atom. The Bertz CT molecular complexity index is 5380. The van der Waals surface area contributed by atoms with Crippen LogP contribution in [-0.4, -0.2) is 114 Å². The molecule has 0 saturated heterocycles. The third kappa shape index (κ3) is 11.9. The molecule has 101 heavy (non-hydrogen) atoms. The van der Waals surface area contributed by atoms with Crippen molar-refractivity contribution in [2.75, 3.05) is 27.8 Å². The van der Waals surface area contributed by atoms with Gasteiger partial charge in [-0.25, -0.2) is 9.59 Å². The van der Waals surface area contributed by atoms with Crippen molar-refractivity contribution in [1.29, 1.82) is 0 Å². The molecule has 6 aromatic carbocycles. The number of carbonyl (C=O) groups is 7. The standard InChI is InChI=1S/C29H30N2O5.C28H28N2O5.C24H21N3O.CH5N/c1-28(2,3)36-27(34)31-17-22(20-12-6-7-14-23(20)31)29(4,26(33)35-5)25(32)21-16-30-15-9-11-18-10-8-13-19(21)24(18)30;1-28(2,3)35-27(33)30-16-20(18-11-5-6-13-22(18)30)23(26(32)34-4)25(31)21-15-29-14-8-10-17-9-7-12-19(21)24(17)29;1-24(19-12-25-20-10-3-2-8-17(19)20)21(28)13-26-23(24)18-14-27-11-5-7-15-6-4-9-16(18)22(15)27;1-2/h6-8,10,12-14,16-17H,9,11,15H2,1-5H3;5-7,9,11-13,15-16,23H,8,10,14H2,1-4H3;2-4,6,8-10,12,14,25H,5,7,11,13H2,1H3;2H2,1H3. The molecule has 16 rings (SSSR count). The number of nitrogens with one attached hydrogen (secondary N) is 1. The Morgan fingerprint density at radius 3 is 1.58 bits per heavy atom. The van der Waals surface area contributed by atoms with E-state index < -0.39 is 52.1 Å². The topological polar surface area (TPSA) is 235 Å². The molecule has 0 saturated carbocycles. The van der Waals surface area contributed by atoms with E-state index in [1.807, 2.05) is 74.0 Å². The van der Waals surface area contributed by atoms with Gasteiger partial charge in [-0.1, -0.05) is 109 Å². The number of nitrogens with two attached hydrogens (primary N) is 1. The minimum absolute atomic E-state index is 0.166. The molecular formula is C82H84N8O11. The van der Waals surface area contributed by atoms with Crippen LogP contribution in [0.15, 0.2) is 170 Å². The number of carbonyl (C=O) groups excluding carboxylic acids is 7. The number of aromatic nitrogens is 6. The molecule has 0 spiro atoms. The number of methoxy groups -OCH3 is 2. The lowest BCUT2D eigenvalue weighted by Gasteiger charge is -2.25. The van der Waals surface area contributed by atoms with Crippen LogP contribution in [0.2, 0.25) is 0 Å². The molecule has 0 bridgehead atoms. The summed E-state index contributed by atoms with van der Waals surface area (Å²) in [7, 11) is 4.04. The Kier molecular flexibility index (Phi) is 18.1. The van der Waals surface area contributed by atoms with Crippen LogP contribution in [0.4, 0.5) is 9.59 Å². The second kappa shape index (κ2) is 26.6. The summed E-state index contributed by atoms with van der Waals surface area (Å²) < 4.78 is 30.7. The van der Waals surface area contributed by atoms with Crippen molar-refractivity contribution >= 4 is 113 Å². The van der Waals surface area contributed by atoms with E-state index in [0.717, 1.165) is 108 Å². The molecule has 19 heteroatoms. The van der Waals surface area contributed by atoms with Gasteiger partial charge in [0.1, 0.15) is 17.1 Å². The summed E-state index contributed by atoms with van der Waals surface area (Å²) in [5.74, 6) is -3.15. The van der Waals surface area contributed by atoms with Gasteiger partial charge in [0.15, 0.2) is 22.8 Å². The monoisotopic (exact) mass is 1360 g/mol. The molecule has 0 aliphatic carbocycles. The van der Waals surface area contributed by atoms with Gasteiger partial charge in [-0.05, 0) is 141 Å². The van der Waals surface area contributed by atoms with E-state index in [4.69, 9.17) is 23.9 Å². The second-order valence-electron chi connectivity index (χ2n) is 28.5. The highest BCUT2D eigenvalue weighted by atomic mass is 16.6. The molecule has 3 atom stereocenters. The van der Waals surface area contributed by atoms with Gasteiger partial charge in [0.05, 0.1) is 59.5 Å². The molecule has 0 amide bonds. The van der Waals surface area contributed by atoms with E-state index in [2.05, 4.69) is 73.1 Å². The van der Waals surface area contributed by atoms with Crippen LogP contribution in [0.25, 0.3) is 65.4 Å². The number of ether oxygens (including phenoxy) is 4. The van der Waals surface area contributed by atoms with Crippen LogP contribution in [0, 0.1) is 0 Å². The number of Topliss-reactive ketones (excluding diaryl/α,β-unsaturated/α-hetero) is 3. The third-order valence-electron chi connectivity index (χ3n) is 20.0. The van der Waals surface area contributed by atoms with Crippen molar-refractivity contribution in [1.82, 2.24) is 27.8 Å². The van der Waals surface area contributed by atoms with Crippen LogP contribution in [-0.2, 0) is 83.1 Å². The maximum absolute atomic E-state index is 14.4. The molecule has 0 radical (unpaired) electrons. The fourth-order valence-electron chi connectivity index (χ4n) is 15.4. The Labute approximate surface area is 584 Å². The van der Waals surface area contributed by atoms with Gasteiger partial charge in [-0.3, -0.25) is 38.1 Å². The van der Waals surface area contributed by atoms with E-state index in [9.17, 15) is 33.6 Å². The highest BCUT2D eigenvalue weighted by Gasteiger charge is 2.49. The number of ketones is 3. The van der Waals surface area contributed by atoms with Crippen molar-refractivity contribution in [3.05, 3.63) is 215 Å². The molecule has 19 nitrogen and oxygen atoms in total. The fraction of sp³-hybridized carbons (Fsp3) is 0.317. The lowest BCUT2D eigenvalue weighted by Crippen LogP contribution is -2.42. The number of fused-ring (bicyclic) bond motifs is 3. The number of aliphatic imine (C=N–C) groups is 1. The van der Waals surface area contributed by atoms with Crippen molar-refractivity contribution in [2.45, 2.75) is 141 Å². The average Bonchev–Trinajstić information content (AvgIpc) is 1.58. The Morgan fingerprint density at radius 2 is 1.02 bits per heavy atom. The first-order valence-electron chi connectivity index (χ1n) is 34.4. The highest BCUT2D eigenvalue weighted by Crippen LogP contribution is 2.44. The maximum Gasteiger partial charge on any atom is 0.419 e. The van der Waals surface area contributed by atoms with Gasteiger partial charge in [-0.2, -0.15) is 0 Å². The molecule has 4 aliphatic heterocycles. The van der Waals surface area contributed by atoms with Crippen LogP contribution >= 0.6 is 0 Å². The number of aromatic amines is 1. The van der Waals surface area contributed by atoms with Crippen molar-refractivity contribution < 1.29 is 52.5 Å². The Balaban J connectivity index is 0.000000135. The normalized spacial score (nSPS) is 16.3. The quantitative estimate of drug-likeness (QED) is 0.0563. The zero-order valence-electron chi connectivity index (χ0n) is 59.0. The number of nitrogens with zero attached hydrogens (tertiary/aromatic N) is 6. The van der Waals surface area contributed by atoms with Crippen LogP contribution < -0.4 is 5.73 Å². The summed E-state index contributed by atoms with van der Waals surface area (Å²) in [6.45, 7) is 17.3. The average molecular weight is 1360 g/mol. The first-order valence-corrected chi connectivity index (χ1v) is 34.4. The predicted molar refractivity (Wildman–Crippen MR) is 393 cm³/mol. The minimum atomic E-state index is -1.69. The van der Waals surface area contributed by atoms with E-state index in [0.29, 0.717) is 44.1 Å². The molecule has 10 heterocycles. The third-order valence-corrected chi connectivity index (χ3v) is 20.0. The lowest BCUT2D eigenvalue weighted by molar-refractivity contribution is -0.145. The van der Waals surface area contributed by atoms with Crippen LogP contribution in [0.3, 0.4) is 0 Å². The van der Waals surface area contributed by atoms with Gasteiger partial charge in [0.25, 0.3) is 0 Å². The van der Waals surface area contributed by atoms with E-state index in [1.165, 1.54) is 70.4 Å². The van der Waals surface area contributed by atoms with E-state index in [-0.39, 0.29) is 23.9 Å². The number of benzene rings is 6. The summed E-state index contributed by atoms with van der Waals surface area (Å²) >= 11 is 0.